The van der Waals surface area contributed by atoms with Gasteiger partial charge in [-0.15, -0.1) is 13.2 Å². The number of alkyl halides is 3. The fourth-order valence-electron chi connectivity index (χ4n) is 3.32. The normalized spacial score (nSPS) is 14.7. The molecule has 0 bridgehead atoms. The van der Waals surface area contributed by atoms with Crippen LogP contribution < -0.4 is 10.1 Å². The summed E-state index contributed by atoms with van der Waals surface area (Å²) in [6, 6.07) is 10.2. The van der Waals surface area contributed by atoms with Gasteiger partial charge in [0.15, 0.2) is 0 Å². The Morgan fingerprint density at radius 3 is 2.33 bits per heavy atom. The van der Waals surface area contributed by atoms with Gasteiger partial charge in [0.25, 0.3) is 5.91 Å². The van der Waals surface area contributed by atoms with E-state index < -0.39 is 33.9 Å². The highest BCUT2D eigenvalue weighted by molar-refractivity contribution is 7.89. The molecule has 0 atom stereocenters. The second kappa shape index (κ2) is 9.79. The largest absolute Gasteiger partial charge is 0.573 e. The summed E-state index contributed by atoms with van der Waals surface area (Å²) in [6.45, 7) is 0.510. The highest BCUT2D eigenvalue weighted by Gasteiger charge is 2.31. The maximum atomic E-state index is 12.7. The number of nitrogens with one attached hydrogen (secondary N) is 1. The number of sulfonamides is 1. The molecule has 1 N–H and O–H groups in total. The summed E-state index contributed by atoms with van der Waals surface area (Å²) in [4.78, 5) is 26.1. The Morgan fingerprint density at radius 1 is 1.09 bits per heavy atom. The summed E-state index contributed by atoms with van der Waals surface area (Å²) in [5.74, 6) is -1.58. The van der Waals surface area contributed by atoms with Crippen molar-refractivity contribution in [1.29, 1.82) is 0 Å². The lowest BCUT2D eigenvalue weighted by Crippen LogP contribution is -2.35. The van der Waals surface area contributed by atoms with Crippen molar-refractivity contribution in [2.24, 2.45) is 0 Å². The lowest BCUT2D eigenvalue weighted by Gasteiger charge is -2.19. The molecule has 0 aliphatic carbocycles. The van der Waals surface area contributed by atoms with E-state index in [1.54, 1.807) is 0 Å². The third-order valence-corrected chi connectivity index (χ3v) is 6.78. The number of anilines is 1. The van der Waals surface area contributed by atoms with Gasteiger partial charge in [0.05, 0.1) is 11.4 Å². The van der Waals surface area contributed by atoms with Crippen molar-refractivity contribution in [2.45, 2.75) is 24.1 Å². The van der Waals surface area contributed by atoms with Gasteiger partial charge in [-0.05, 0) is 55.3 Å². The third kappa shape index (κ3) is 6.45. The third-order valence-electron chi connectivity index (χ3n) is 4.88. The highest BCUT2D eigenvalue weighted by Crippen LogP contribution is 2.24. The number of rotatable bonds is 7. The fraction of sp³-hybridized carbons (Fsp3) is 0.333. The van der Waals surface area contributed by atoms with Gasteiger partial charge >= 0.3 is 6.36 Å². The molecule has 8 nitrogen and oxygen atoms in total. The van der Waals surface area contributed by atoms with E-state index in [4.69, 9.17) is 0 Å². The van der Waals surface area contributed by atoms with Crippen LogP contribution in [0.1, 0.15) is 23.2 Å². The predicted octanol–water partition coefficient (Wildman–Crippen LogP) is 3.08. The molecule has 2 amide bonds. The molecule has 3 rings (SSSR count). The van der Waals surface area contributed by atoms with Gasteiger partial charge in [-0.2, -0.15) is 4.31 Å². The minimum absolute atomic E-state index is 0.00858. The van der Waals surface area contributed by atoms with Crippen LogP contribution in [0.25, 0.3) is 0 Å². The highest BCUT2D eigenvalue weighted by atomic mass is 32.2. The number of halogens is 3. The number of amides is 2. The van der Waals surface area contributed by atoms with Gasteiger partial charge in [-0.25, -0.2) is 8.42 Å². The molecule has 1 aliphatic heterocycles. The molecule has 1 heterocycles. The molecule has 0 unspecified atom stereocenters. The molecule has 1 aliphatic rings. The van der Waals surface area contributed by atoms with Crippen LogP contribution in [0.2, 0.25) is 0 Å². The lowest BCUT2D eigenvalue weighted by molar-refractivity contribution is -0.274. The first-order valence-electron chi connectivity index (χ1n) is 9.97. The van der Waals surface area contributed by atoms with E-state index in [1.165, 1.54) is 47.8 Å². The Labute approximate surface area is 189 Å². The number of nitrogens with zero attached hydrogens (tertiary/aromatic N) is 2. The minimum atomic E-state index is -4.82. The van der Waals surface area contributed by atoms with E-state index in [2.05, 4.69) is 10.1 Å². The van der Waals surface area contributed by atoms with Crippen LogP contribution in [-0.2, 0) is 14.8 Å². The van der Waals surface area contributed by atoms with Crippen molar-refractivity contribution >= 4 is 27.5 Å². The number of ether oxygens (including phenoxy) is 1. The second-order valence-corrected chi connectivity index (χ2v) is 9.36. The number of benzene rings is 2. The van der Waals surface area contributed by atoms with Crippen molar-refractivity contribution in [3.8, 4) is 5.75 Å². The lowest BCUT2D eigenvalue weighted by atomic mass is 10.2. The molecular weight excluding hydrogens is 463 g/mol. The van der Waals surface area contributed by atoms with E-state index >= 15 is 0 Å². The first-order valence-corrected chi connectivity index (χ1v) is 11.4. The van der Waals surface area contributed by atoms with Gasteiger partial charge in [-0.1, -0.05) is 6.07 Å². The Bertz CT molecular complexity index is 1110. The first-order chi connectivity index (χ1) is 15.5. The first kappa shape index (κ1) is 24.5. The van der Waals surface area contributed by atoms with Gasteiger partial charge in [0.1, 0.15) is 5.75 Å². The number of hydrogen-bond acceptors (Lipinski definition) is 5. The second-order valence-electron chi connectivity index (χ2n) is 7.42. The van der Waals surface area contributed by atoms with Gasteiger partial charge in [0.2, 0.25) is 15.9 Å². The monoisotopic (exact) mass is 485 g/mol. The Balaban J connectivity index is 1.61. The molecule has 0 radical (unpaired) electrons. The molecular formula is C21H22F3N3O5S. The molecule has 0 saturated carbocycles. The predicted molar refractivity (Wildman–Crippen MR) is 113 cm³/mol. The molecule has 2 aromatic carbocycles. The average Bonchev–Trinajstić information content (AvgIpc) is 3.29. The van der Waals surface area contributed by atoms with Crippen LogP contribution >= 0.6 is 0 Å². The topological polar surface area (TPSA) is 96.0 Å². The molecule has 2 aromatic rings. The Kier molecular flexibility index (Phi) is 7.28. The molecule has 12 heteroatoms. The fourth-order valence-corrected chi connectivity index (χ4v) is 4.88. The average molecular weight is 485 g/mol. The maximum absolute atomic E-state index is 12.7. The van der Waals surface area contributed by atoms with Crippen LogP contribution in [0.15, 0.2) is 53.4 Å². The standard InChI is InChI=1S/C21H22F3N3O5S/c1-26(14-19(28)25-16-7-9-17(10-8-16)32-21(22,23)24)20(29)15-5-4-6-18(13-15)33(30,31)27-11-2-3-12-27/h4-10,13H,2-3,11-12,14H2,1H3,(H,25,28). The molecule has 0 aromatic heterocycles. The van der Waals surface area contributed by atoms with Gasteiger partial charge in [0, 0.05) is 31.4 Å². The summed E-state index contributed by atoms with van der Waals surface area (Å²) in [7, 11) is -2.32. The molecule has 178 valence electrons. The van der Waals surface area contributed by atoms with E-state index in [-0.39, 0.29) is 22.7 Å². The van der Waals surface area contributed by atoms with Crippen molar-refractivity contribution in [3.05, 3.63) is 54.1 Å². The Morgan fingerprint density at radius 2 is 1.73 bits per heavy atom. The SMILES string of the molecule is CN(CC(=O)Nc1ccc(OC(F)(F)F)cc1)C(=O)c1cccc(S(=O)(=O)N2CCCC2)c1. The smallest absolute Gasteiger partial charge is 0.406 e. The van der Waals surface area contributed by atoms with E-state index in [1.807, 2.05) is 0 Å². The van der Waals surface area contributed by atoms with Crippen LogP contribution in [0.4, 0.5) is 18.9 Å². The maximum Gasteiger partial charge on any atom is 0.573 e. The summed E-state index contributed by atoms with van der Waals surface area (Å²) in [6.07, 6.45) is -3.25. The van der Waals surface area contributed by atoms with E-state index in [9.17, 15) is 31.2 Å². The van der Waals surface area contributed by atoms with Crippen LogP contribution in [-0.4, -0.2) is 62.5 Å². The number of likely N-dealkylation sites (N-methyl/N-ethyl adjacent to an activating group) is 1. The number of hydrogen-bond donors (Lipinski definition) is 1. The quantitative estimate of drug-likeness (QED) is 0.650. The summed E-state index contributed by atoms with van der Waals surface area (Å²) < 4.78 is 67.2. The van der Waals surface area contributed by atoms with Crippen molar-refractivity contribution < 1.29 is 35.9 Å². The van der Waals surface area contributed by atoms with Crippen LogP contribution in [0.5, 0.6) is 5.75 Å². The summed E-state index contributed by atoms with van der Waals surface area (Å²) in [5, 5.41) is 2.47. The number of carbonyl (C=O) groups excluding carboxylic acids is 2. The minimum Gasteiger partial charge on any atom is -0.406 e. The van der Waals surface area contributed by atoms with Gasteiger partial charge < -0.3 is 15.0 Å². The Hall–Kier alpha value is -3.12. The number of carbonyl (C=O) groups is 2. The van der Waals surface area contributed by atoms with Gasteiger partial charge in [-0.3, -0.25) is 9.59 Å². The van der Waals surface area contributed by atoms with E-state index in [0.717, 1.165) is 29.9 Å². The summed E-state index contributed by atoms with van der Waals surface area (Å²) >= 11 is 0. The molecule has 1 fully saturated rings. The van der Waals surface area contributed by atoms with Crippen LogP contribution in [0.3, 0.4) is 0 Å². The zero-order chi connectivity index (χ0) is 24.2. The van der Waals surface area contributed by atoms with Crippen molar-refractivity contribution in [3.63, 3.8) is 0 Å². The van der Waals surface area contributed by atoms with E-state index in [0.29, 0.717) is 13.1 Å². The molecule has 1 saturated heterocycles. The van der Waals surface area contributed by atoms with Crippen LogP contribution in [0, 0.1) is 0 Å². The zero-order valence-corrected chi connectivity index (χ0v) is 18.4. The zero-order valence-electron chi connectivity index (χ0n) is 17.6. The van der Waals surface area contributed by atoms with Crippen molar-refractivity contribution in [1.82, 2.24) is 9.21 Å². The molecule has 33 heavy (non-hydrogen) atoms. The molecule has 0 spiro atoms. The summed E-state index contributed by atoms with van der Waals surface area (Å²) in [5.41, 5.74) is 0.327. The van der Waals surface area contributed by atoms with Crippen molar-refractivity contribution in [2.75, 3.05) is 32.0 Å².